The fourth-order valence-electron chi connectivity index (χ4n) is 1.34. The van der Waals surface area contributed by atoms with E-state index >= 15 is 0 Å². The zero-order valence-electron chi connectivity index (χ0n) is 10.3. The van der Waals surface area contributed by atoms with Crippen LogP contribution in [0, 0.1) is 11.6 Å². The zero-order chi connectivity index (χ0) is 16.2. The zero-order valence-corrected chi connectivity index (χ0v) is 11.9. The molecule has 7 nitrogen and oxygen atoms in total. The number of nitrogens with one attached hydrogen (secondary N) is 1. The molecule has 1 aromatic rings. The molecular formula is C11H9BrF2N2O5. The number of aliphatic carboxylic acids is 2. The Morgan fingerprint density at radius 3 is 2.10 bits per heavy atom. The Bertz CT molecular complexity index is 580. The van der Waals surface area contributed by atoms with Crippen LogP contribution in [0.3, 0.4) is 0 Å². The summed E-state index contributed by atoms with van der Waals surface area (Å²) in [5.74, 6) is -4.85. The molecule has 0 aromatic heterocycles. The van der Waals surface area contributed by atoms with Crippen LogP contribution in [-0.4, -0.2) is 46.2 Å². The summed E-state index contributed by atoms with van der Waals surface area (Å²) >= 11 is 2.79. The van der Waals surface area contributed by atoms with Crippen LogP contribution < -0.4 is 5.32 Å². The Kier molecular flexibility index (Phi) is 5.59. The fourth-order valence-corrected chi connectivity index (χ4v) is 1.68. The van der Waals surface area contributed by atoms with Crippen LogP contribution in [0.5, 0.6) is 0 Å². The number of halogens is 3. The molecule has 0 unspecified atom stereocenters. The highest BCUT2D eigenvalue weighted by Crippen LogP contribution is 2.23. The molecule has 0 saturated heterocycles. The summed E-state index contributed by atoms with van der Waals surface area (Å²) in [6.07, 6.45) is 0. The predicted molar refractivity (Wildman–Crippen MR) is 69.9 cm³/mol. The Labute approximate surface area is 125 Å². The van der Waals surface area contributed by atoms with Gasteiger partial charge in [0.1, 0.15) is 24.7 Å². The van der Waals surface area contributed by atoms with Gasteiger partial charge in [0, 0.05) is 6.07 Å². The first-order valence-corrected chi connectivity index (χ1v) is 6.14. The Hall–Kier alpha value is -2.23. The lowest BCUT2D eigenvalue weighted by molar-refractivity contribution is -0.140. The molecule has 10 heteroatoms. The van der Waals surface area contributed by atoms with Crippen molar-refractivity contribution in [2.24, 2.45) is 0 Å². The normalized spacial score (nSPS) is 10.0. The molecule has 3 N–H and O–H groups in total. The van der Waals surface area contributed by atoms with Gasteiger partial charge in [-0.2, -0.15) is 0 Å². The molecule has 0 aliphatic carbocycles. The molecule has 1 rings (SSSR count). The number of urea groups is 1. The van der Waals surface area contributed by atoms with Crippen molar-refractivity contribution < 1.29 is 33.4 Å². The number of nitrogens with zero attached hydrogens (tertiary/aromatic N) is 1. The number of benzene rings is 1. The van der Waals surface area contributed by atoms with Gasteiger partial charge in [-0.25, -0.2) is 13.6 Å². The van der Waals surface area contributed by atoms with Crippen LogP contribution in [0.15, 0.2) is 16.6 Å². The second-order valence-electron chi connectivity index (χ2n) is 3.82. The highest BCUT2D eigenvalue weighted by Gasteiger charge is 2.21. The Morgan fingerprint density at radius 1 is 1.10 bits per heavy atom. The third-order valence-corrected chi connectivity index (χ3v) is 2.80. The van der Waals surface area contributed by atoms with Gasteiger partial charge >= 0.3 is 18.0 Å². The maximum absolute atomic E-state index is 13.5. The number of carboxylic acid groups (broad SMARTS) is 2. The smallest absolute Gasteiger partial charge is 0.323 e. The van der Waals surface area contributed by atoms with Crippen LogP contribution in [0.2, 0.25) is 0 Å². The largest absolute Gasteiger partial charge is 0.480 e. The third-order valence-electron chi connectivity index (χ3n) is 2.19. The molecule has 0 saturated carbocycles. The summed E-state index contributed by atoms with van der Waals surface area (Å²) in [6.45, 7) is -1.77. The Balaban J connectivity index is 2.93. The average molecular weight is 367 g/mol. The molecule has 0 heterocycles. The number of hydrogen-bond acceptors (Lipinski definition) is 3. The van der Waals surface area contributed by atoms with Gasteiger partial charge in [-0.15, -0.1) is 0 Å². The van der Waals surface area contributed by atoms with E-state index in [9.17, 15) is 23.2 Å². The van der Waals surface area contributed by atoms with Crippen molar-refractivity contribution in [3.8, 4) is 0 Å². The van der Waals surface area contributed by atoms with Gasteiger partial charge in [0.25, 0.3) is 0 Å². The molecule has 0 bridgehead atoms. The van der Waals surface area contributed by atoms with Crippen LogP contribution in [-0.2, 0) is 9.59 Å². The van der Waals surface area contributed by atoms with Crippen LogP contribution in [0.1, 0.15) is 0 Å². The van der Waals surface area contributed by atoms with Crippen molar-refractivity contribution in [1.29, 1.82) is 0 Å². The van der Waals surface area contributed by atoms with Crippen molar-refractivity contribution in [3.63, 3.8) is 0 Å². The van der Waals surface area contributed by atoms with E-state index in [-0.39, 0.29) is 4.47 Å². The average Bonchev–Trinajstić information content (AvgIpc) is 2.33. The number of anilines is 1. The van der Waals surface area contributed by atoms with Gasteiger partial charge in [0.2, 0.25) is 0 Å². The van der Waals surface area contributed by atoms with Gasteiger partial charge in [0.05, 0.1) is 10.2 Å². The molecule has 1 aromatic carbocycles. The van der Waals surface area contributed by atoms with E-state index in [1.807, 2.05) is 5.32 Å². The summed E-state index contributed by atoms with van der Waals surface area (Å²) in [5, 5.41) is 19.2. The summed E-state index contributed by atoms with van der Waals surface area (Å²) in [7, 11) is 0. The van der Waals surface area contributed by atoms with Gasteiger partial charge < -0.3 is 20.4 Å². The molecule has 0 aliphatic rings. The number of rotatable bonds is 5. The highest BCUT2D eigenvalue weighted by atomic mass is 79.9. The summed E-state index contributed by atoms with van der Waals surface area (Å²) in [4.78, 5) is 33.3. The standard InChI is InChI=1S/C11H9BrF2N2O5/c12-5-1-8(7(14)2-6(5)13)15-11(21)16(3-9(17)18)4-10(19)20/h1-2H,3-4H2,(H,15,21)(H,17,18)(H,19,20). The molecular weight excluding hydrogens is 358 g/mol. The van der Waals surface area contributed by atoms with Crippen LogP contribution in [0.4, 0.5) is 19.3 Å². The number of hydrogen-bond donors (Lipinski definition) is 3. The molecule has 2 amide bonds. The van der Waals surface area contributed by atoms with Gasteiger partial charge in [0.15, 0.2) is 0 Å². The maximum Gasteiger partial charge on any atom is 0.323 e. The fraction of sp³-hybridized carbons (Fsp3) is 0.182. The monoisotopic (exact) mass is 366 g/mol. The van der Waals surface area contributed by atoms with Crippen molar-refractivity contribution in [1.82, 2.24) is 4.90 Å². The number of carboxylic acids is 2. The van der Waals surface area contributed by atoms with Gasteiger partial charge in [-0.3, -0.25) is 9.59 Å². The molecule has 0 fully saturated rings. The molecule has 114 valence electrons. The van der Waals surface area contributed by atoms with Gasteiger partial charge in [-0.1, -0.05) is 0 Å². The van der Waals surface area contributed by atoms with Crippen molar-refractivity contribution in [3.05, 3.63) is 28.2 Å². The summed E-state index contributed by atoms with van der Waals surface area (Å²) in [6, 6.07) is 0.304. The minimum absolute atomic E-state index is 0.123. The number of carbonyl (C=O) groups excluding carboxylic acids is 1. The van der Waals surface area contributed by atoms with Crippen molar-refractivity contribution in [2.75, 3.05) is 18.4 Å². The first-order chi connectivity index (χ1) is 9.70. The molecule has 0 radical (unpaired) electrons. The summed E-state index contributed by atoms with van der Waals surface area (Å²) in [5.41, 5.74) is -0.422. The van der Waals surface area contributed by atoms with Crippen LogP contribution >= 0.6 is 15.9 Å². The number of amides is 2. The molecule has 21 heavy (non-hydrogen) atoms. The third kappa shape index (κ3) is 4.99. The maximum atomic E-state index is 13.5. The van der Waals surface area contributed by atoms with E-state index < -0.39 is 48.4 Å². The lowest BCUT2D eigenvalue weighted by Crippen LogP contribution is -2.42. The van der Waals surface area contributed by atoms with E-state index in [0.717, 1.165) is 6.07 Å². The summed E-state index contributed by atoms with van der Waals surface area (Å²) < 4.78 is 26.4. The van der Waals surface area contributed by atoms with Crippen LogP contribution in [0.25, 0.3) is 0 Å². The first-order valence-electron chi connectivity index (χ1n) is 5.34. The highest BCUT2D eigenvalue weighted by molar-refractivity contribution is 9.10. The minimum atomic E-state index is -1.44. The lowest BCUT2D eigenvalue weighted by atomic mass is 10.3. The number of carbonyl (C=O) groups is 3. The van der Waals surface area contributed by atoms with E-state index in [1.165, 1.54) is 0 Å². The predicted octanol–water partition coefficient (Wildman–Crippen LogP) is 1.73. The minimum Gasteiger partial charge on any atom is -0.480 e. The van der Waals surface area contributed by atoms with Gasteiger partial charge in [-0.05, 0) is 22.0 Å². The Morgan fingerprint density at radius 2 is 1.62 bits per heavy atom. The van der Waals surface area contributed by atoms with Crippen molar-refractivity contribution >= 4 is 39.6 Å². The second kappa shape index (κ2) is 6.97. The SMILES string of the molecule is O=C(O)CN(CC(=O)O)C(=O)Nc1cc(Br)c(F)cc1F. The van der Waals surface area contributed by atoms with E-state index in [1.54, 1.807) is 0 Å². The second-order valence-corrected chi connectivity index (χ2v) is 4.67. The quantitative estimate of drug-likeness (QED) is 0.688. The topological polar surface area (TPSA) is 107 Å². The van der Waals surface area contributed by atoms with Crippen molar-refractivity contribution in [2.45, 2.75) is 0 Å². The van der Waals surface area contributed by atoms with E-state index in [0.29, 0.717) is 11.0 Å². The molecule has 0 aliphatic heterocycles. The van der Waals surface area contributed by atoms with E-state index in [4.69, 9.17) is 10.2 Å². The lowest BCUT2D eigenvalue weighted by Gasteiger charge is -2.19. The van der Waals surface area contributed by atoms with E-state index in [2.05, 4.69) is 15.9 Å². The first kappa shape index (κ1) is 16.8. The molecule has 0 atom stereocenters. The molecule has 0 spiro atoms.